The lowest BCUT2D eigenvalue weighted by atomic mass is 10.1. The Morgan fingerprint density at radius 2 is 2.13 bits per heavy atom. The van der Waals surface area contributed by atoms with Gasteiger partial charge in [0, 0.05) is 41.6 Å². The van der Waals surface area contributed by atoms with Crippen LogP contribution in [0.1, 0.15) is 21.6 Å². The average Bonchev–Trinajstić information content (AvgIpc) is 3.02. The average molecular weight is 310 g/mol. The summed E-state index contributed by atoms with van der Waals surface area (Å²) in [6.45, 7) is 4.32. The van der Waals surface area contributed by atoms with E-state index in [1.807, 2.05) is 24.4 Å². The Balaban J connectivity index is 1.65. The Hall–Kier alpha value is -2.89. The summed E-state index contributed by atoms with van der Waals surface area (Å²) < 4.78 is 1.51. The largest absolute Gasteiger partial charge is 0.361 e. The molecular weight excluding hydrogens is 292 g/mol. The Labute approximate surface area is 133 Å². The quantitative estimate of drug-likeness (QED) is 0.771. The molecule has 0 atom stereocenters. The molecule has 0 fully saturated rings. The second kappa shape index (κ2) is 6.08. The molecule has 0 aliphatic rings. The van der Waals surface area contributed by atoms with Gasteiger partial charge in [-0.1, -0.05) is 6.07 Å². The lowest BCUT2D eigenvalue weighted by molar-refractivity contribution is 0.0952. The molecule has 6 heteroatoms. The molecule has 2 aromatic heterocycles. The van der Waals surface area contributed by atoms with E-state index < -0.39 is 0 Å². The van der Waals surface area contributed by atoms with Crippen molar-refractivity contribution in [1.29, 1.82) is 0 Å². The molecule has 1 aromatic carbocycles. The fourth-order valence-electron chi connectivity index (χ4n) is 2.42. The predicted molar refractivity (Wildman–Crippen MR) is 88.6 cm³/mol. The third-order valence-electron chi connectivity index (χ3n) is 3.97. The molecule has 1 amide bonds. The van der Waals surface area contributed by atoms with Crippen LogP contribution >= 0.6 is 0 Å². The van der Waals surface area contributed by atoms with Crippen molar-refractivity contribution in [2.45, 2.75) is 20.4 Å². The number of fused-ring (bicyclic) bond motifs is 1. The minimum absolute atomic E-state index is 0.0699. The zero-order valence-electron chi connectivity index (χ0n) is 13.1. The maximum Gasteiger partial charge on any atom is 0.256 e. The number of amides is 1. The summed E-state index contributed by atoms with van der Waals surface area (Å²) in [4.78, 5) is 31.5. The normalized spacial score (nSPS) is 10.9. The first-order valence-electron chi connectivity index (χ1n) is 7.44. The molecule has 0 saturated carbocycles. The van der Waals surface area contributed by atoms with E-state index in [9.17, 15) is 9.59 Å². The first-order chi connectivity index (χ1) is 11.1. The number of benzene rings is 1. The number of carbonyl (C=O) groups is 1. The van der Waals surface area contributed by atoms with Gasteiger partial charge in [0.15, 0.2) is 0 Å². The summed E-state index contributed by atoms with van der Waals surface area (Å²) in [5.41, 5.74) is 2.81. The van der Waals surface area contributed by atoms with Crippen LogP contribution < -0.4 is 10.9 Å². The summed E-state index contributed by atoms with van der Waals surface area (Å²) in [6.07, 6.45) is 3.35. The van der Waals surface area contributed by atoms with Gasteiger partial charge in [-0.15, -0.1) is 0 Å². The van der Waals surface area contributed by atoms with Crippen LogP contribution in [-0.4, -0.2) is 27.0 Å². The standard InChI is InChI=1S/C17H18N4O2/c1-11-12(2)20-10-21(17(11)23)8-7-19-16(22)14-4-3-13-5-6-18-15(13)9-14/h3-6,9-10,18H,7-8H2,1-2H3,(H,19,22). The van der Waals surface area contributed by atoms with Crippen LogP contribution in [0.5, 0.6) is 0 Å². The number of aromatic nitrogens is 3. The topological polar surface area (TPSA) is 79.8 Å². The van der Waals surface area contributed by atoms with Crippen LogP contribution in [0.25, 0.3) is 10.9 Å². The monoisotopic (exact) mass is 310 g/mol. The number of aryl methyl sites for hydroxylation is 1. The van der Waals surface area contributed by atoms with Crippen molar-refractivity contribution in [2.75, 3.05) is 6.54 Å². The van der Waals surface area contributed by atoms with Crippen molar-refractivity contribution in [3.63, 3.8) is 0 Å². The summed E-state index contributed by atoms with van der Waals surface area (Å²) in [5.74, 6) is -0.161. The van der Waals surface area contributed by atoms with Crippen LogP contribution in [0.2, 0.25) is 0 Å². The third kappa shape index (κ3) is 3.01. The summed E-state index contributed by atoms with van der Waals surface area (Å²) in [6, 6.07) is 7.46. The second-order valence-electron chi connectivity index (χ2n) is 5.49. The molecule has 0 aliphatic heterocycles. The van der Waals surface area contributed by atoms with Crippen molar-refractivity contribution < 1.29 is 4.79 Å². The van der Waals surface area contributed by atoms with Gasteiger partial charge in [0.2, 0.25) is 0 Å². The molecule has 23 heavy (non-hydrogen) atoms. The number of rotatable bonds is 4. The summed E-state index contributed by atoms with van der Waals surface area (Å²) in [5, 5.41) is 3.89. The van der Waals surface area contributed by atoms with Crippen LogP contribution in [0.3, 0.4) is 0 Å². The van der Waals surface area contributed by atoms with Gasteiger partial charge in [-0.2, -0.15) is 0 Å². The number of aromatic amines is 1. The lowest BCUT2D eigenvalue weighted by Crippen LogP contribution is -2.32. The lowest BCUT2D eigenvalue weighted by Gasteiger charge is -2.09. The van der Waals surface area contributed by atoms with E-state index >= 15 is 0 Å². The molecular formula is C17H18N4O2. The van der Waals surface area contributed by atoms with Crippen molar-refractivity contribution in [3.05, 3.63) is 64.0 Å². The molecule has 3 rings (SSSR count). The Bertz CT molecular complexity index is 924. The summed E-state index contributed by atoms with van der Waals surface area (Å²) >= 11 is 0. The zero-order valence-corrected chi connectivity index (χ0v) is 13.1. The molecule has 0 saturated heterocycles. The number of nitrogens with one attached hydrogen (secondary N) is 2. The van der Waals surface area contributed by atoms with Crippen LogP contribution in [0, 0.1) is 13.8 Å². The van der Waals surface area contributed by atoms with Gasteiger partial charge >= 0.3 is 0 Å². The Morgan fingerprint density at radius 3 is 2.96 bits per heavy atom. The van der Waals surface area contributed by atoms with Gasteiger partial charge in [0.25, 0.3) is 11.5 Å². The number of hydrogen-bond acceptors (Lipinski definition) is 3. The first kappa shape index (κ1) is 15.0. The van der Waals surface area contributed by atoms with Gasteiger partial charge in [0.1, 0.15) is 0 Å². The van der Waals surface area contributed by atoms with E-state index in [0.29, 0.717) is 24.2 Å². The van der Waals surface area contributed by atoms with E-state index in [1.54, 1.807) is 19.9 Å². The van der Waals surface area contributed by atoms with E-state index in [1.165, 1.54) is 10.9 Å². The second-order valence-corrected chi connectivity index (χ2v) is 5.49. The smallest absolute Gasteiger partial charge is 0.256 e. The van der Waals surface area contributed by atoms with E-state index in [-0.39, 0.29) is 11.5 Å². The van der Waals surface area contributed by atoms with E-state index in [4.69, 9.17) is 0 Å². The Kier molecular flexibility index (Phi) is 3.97. The maximum absolute atomic E-state index is 12.2. The fraction of sp³-hybridized carbons (Fsp3) is 0.235. The highest BCUT2D eigenvalue weighted by molar-refractivity contribution is 5.97. The molecule has 0 bridgehead atoms. The van der Waals surface area contributed by atoms with Gasteiger partial charge in [0.05, 0.1) is 6.33 Å². The molecule has 0 unspecified atom stereocenters. The molecule has 2 N–H and O–H groups in total. The van der Waals surface area contributed by atoms with Crippen LogP contribution in [0.4, 0.5) is 0 Å². The number of H-pyrrole nitrogens is 1. The zero-order chi connectivity index (χ0) is 16.4. The predicted octanol–water partition coefficient (Wildman–Crippen LogP) is 1.77. The molecule has 118 valence electrons. The van der Waals surface area contributed by atoms with Gasteiger partial charge in [-0.05, 0) is 37.4 Å². The number of nitrogens with zero attached hydrogens (tertiary/aromatic N) is 2. The molecule has 0 radical (unpaired) electrons. The van der Waals surface area contributed by atoms with Crippen molar-refractivity contribution >= 4 is 16.8 Å². The highest BCUT2D eigenvalue weighted by Gasteiger charge is 2.07. The van der Waals surface area contributed by atoms with E-state index in [2.05, 4.69) is 15.3 Å². The third-order valence-corrected chi connectivity index (χ3v) is 3.97. The number of carbonyl (C=O) groups excluding carboxylic acids is 1. The minimum atomic E-state index is -0.161. The highest BCUT2D eigenvalue weighted by Crippen LogP contribution is 2.13. The fourth-order valence-corrected chi connectivity index (χ4v) is 2.42. The molecule has 3 aromatic rings. The van der Waals surface area contributed by atoms with Gasteiger partial charge < -0.3 is 10.3 Å². The highest BCUT2D eigenvalue weighted by atomic mass is 16.1. The van der Waals surface area contributed by atoms with Gasteiger partial charge in [-0.3, -0.25) is 14.2 Å². The maximum atomic E-state index is 12.2. The minimum Gasteiger partial charge on any atom is -0.361 e. The Morgan fingerprint density at radius 1 is 1.30 bits per heavy atom. The van der Waals surface area contributed by atoms with E-state index in [0.717, 1.165) is 16.6 Å². The van der Waals surface area contributed by atoms with Crippen LogP contribution in [0.15, 0.2) is 41.6 Å². The SMILES string of the molecule is Cc1ncn(CCNC(=O)c2ccc3cc[nH]c3c2)c(=O)c1C. The van der Waals surface area contributed by atoms with Crippen LogP contribution in [-0.2, 0) is 6.54 Å². The van der Waals surface area contributed by atoms with Crippen molar-refractivity contribution in [1.82, 2.24) is 19.9 Å². The van der Waals surface area contributed by atoms with Gasteiger partial charge in [-0.25, -0.2) is 4.98 Å². The molecule has 2 heterocycles. The van der Waals surface area contributed by atoms with Crippen molar-refractivity contribution in [2.24, 2.45) is 0 Å². The number of hydrogen-bond donors (Lipinski definition) is 2. The first-order valence-corrected chi connectivity index (χ1v) is 7.44. The summed E-state index contributed by atoms with van der Waals surface area (Å²) in [7, 11) is 0. The van der Waals surface area contributed by atoms with Crippen molar-refractivity contribution in [3.8, 4) is 0 Å². The molecule has 0 spiro atoms. The molecule has 6 nitrogen and oxygen atoms in total. The molecule has 0 aliphatic carbocycles.